The van der Waals surface area contributed by atoms with Gasteiger partial charge in [-0.25, -0.2) is 13.6 Å². The molecular weight excluding hydrogens is 304 g/mol. The number of carbonyl (C=O) groups is 1. The highest BCUT2D eigenvalue weighted by molar-refractivity contribution is 7.89. The van der Waals surface area contributed by atoms with Crippen molar-refractivity contribution >= 4 is 15.9 Å². The summed E-state index contributed by atoms with van der Waals surface area (Å²) in [5, 5.41) is 5.25. The van der Waals surface area contributed by atoms with E-state index in [0.717, 1.165) is 5.56 Å². The fourth-order valence-corrected chi connectivity index (χ4v) is 3.65. The average Bonchev–Trinajstić information content (AvgIpc) is 2.38. The van der Waals surface area contributed by atoms with E-state index < -0.39 is 10.0 Å². The zero-order valence-electron chi connectivity index (χ0n) is 13.3. The molecule has 0 aliphatic carbocycles. The summed E-state index contributed by atoms with van der Waals surface area (Å²) < 4.78 is 29.0. The minimum absolute atomic E-state index is 0.00482. The highest BCUT2D eigenvalue weighted by Crippen LogP contribution is 2.22. The van der Waals surface area contributed by atoms with Gasteiger partial charge in [-0.3, -0.25) is 4.79 Å². The molecule has 0 bridgehead atoms. The number of hydrogen-bond donors (Lipinski definition) is 1. The molecule has 0 spiro atoms. The predicted octanol–water partition coefficient (Wildman–Crippen LogP) is 1.20. The number of nitrogens with two attached hydrogens (primary N) is 1. The Morgan fingerprint density at radius 2 is 1.77 bits per heavy atom. The molecule has 1 amide bonds. The summed E-state index contributed by atoms with van der Waals surface area (Å²) >= 11 is 0. The van der Waals surface area contributed by atoms with Crippen molar-refractivity contribution in [2.24, 2.45) is 5.14 Å². The minimum Gasteiger partial charge on any atom is -0.372 e. The molecule has 2 N–H and O–H groups in total. The van der Waals surface area contributed by atoms with Crippen LogP contribution in [0.4, 0.5) is 0 Å². The van der Waals surface area contributed by atoms with Gasteiger partial charge >= 0.3 is 0 Å². The zero-order valence-corrected chi connectivity index (χ0v) is 14.1. The van der Waals surface area contributed by atoms with Gasteiger partial charge in [0.05, 0.1) is 17.1 Å². The number of primary sulfonamides is 1. The molecule has 7 heteroatoms. The van der Waals surface area contributed by atoms with Gasteiger partial charge in [0.25, 0.3) is 5.91 Å². The number of benzene rings is 1. The second-order valence-electron chi connectivity index (χ2n) is 5.93. The lowest BCUT2D eigenvalue weighted by Gasteiger charge is -2.35. The van der Waals surface area contributed by atoms with E-state index in [0.29, 0.717) is 24.2 Å². The van der Waals surface area contributed by atoms with E-state index in [2.05, 4.69) is 0 Å². The van der Waals surface area contributed by atoms with Crippen molar-refractivity contribution in [3.05, 3.63) is 28.8 Å². The summed E-state index contributed by atoms with van der Waals surface area (Å²) in [4.78, 5) is 14.4. The third-order valence-electron chi connectivity index (χ3n) is 3.88. The highest BCUT2D eigenvalue weighted by Gasteiger charge is 2.27. The van der Waals surface area contributed by atoms with E-state index in [1.54, 1.807) is 24.8 Å². The predicted molar refractivity (Wildman–Crippen MR) is 83.2 cm³/mol. The van der Waals surface area contributed by atoms with Crippen molar-refractivity contribution in [1.29, 1.82) is 0 Å². The monoisotopic (exact) mass is 326 g/mol. The quantitative estimate of drug-likeness (QED) is 0.884. The lowest BCUT2D eigenvalue weighted by Crippen LogP contribution is -2.48. The van der Waals surface area contributed by atoms with E-state index in [-0.39, 0.29) is 23.0 Å². The van der Waals surface area contributed by atoms with Crippen LogP contribution in [0, 0.1) is 13.8 Å². The first-order valence-electron chi connectivity index (χ1n) is 7.18. The van der Waals surface area contributed by atoms with Gasteiger partial charge in [0, 0.05) is 18.7 Å². The zero-order chi connectivity index (χ0) is 16.7. The third kappa shape index (κ3) is 3.48. The fourth-order valence-electron chi connectivity index (χ4n) is 2.77. The van der Waals surface area contributed by atoms with Crippen molar-refractivity contribution in [3.63, 3.8) is 0 Å². The minimum atomic E-state index is -3.86. The Balaban J connectivity index is 2.40. The molecule has 1 aliphatic heterocycles. The maximum absolute atomic E-state index is 12.7. The smallest absolute Gasteiger partial charge is 0.254 e. The van der Waals surface area contributed by atoms with E-state index >= 15 is 0 Å². The Bertz CT molecular complexity index is 690. The Labute approximate surface area is 131 Å². The van der Waals surface area contributed by atoms with Crippen molar-refractivity contribution < 1.29 is 17.9 Å². The van der Waals surface area contributed by atoms with Gasteiger partial charge < -0.3 is 9.64 Å². The SMILES string of the molecule is Cc1cc(C(=O)N2CC(C)OC(C)C2)cc(S(N)(=O)=O)c1C. The van der Waals surface area contributed by atoms with Crippen LogP contribution in [0.15, 0.2) is 17.0 Å². The molecule has 6 nitrogen and oxygen atoms in total. The van der Waals surface area contributed by atoms with Gasteiger partial charge in [0.1, 0.15) is 0 Å². The van der Waals surface area contributed by atoms with Crippen LogP contribution in [0.5, 0.6) is 0 Å². The van der Waals surface area contributed by atoms with Crippen molar-refractivity contribution in [2.75, 3.05) is 13.1 Å². The van der Waals surface area contributed by atoms with E-state index in [1.165, 1.54) is 6.07 Å². The number of hydrogen-bond acceptors (Lipinski definition) is 4. The number of sulfonamides is 1. The summed E-state index contributed by atoms with van der Waals surface area (Å²) in [5.74, 6) is -0.199. The Morgan fingerprint density at radius 3 is 2.27 bits per heavy atom. The van der Waals surface area contributed by atoms with Crippen LogP contribution >= 0.6 is 0 Å². The Morgan fingerprint density at radius 1 is 1.23 bits per heavy atom. The van der Waals surface area contributed by atoms with Crippen LogP contribution < -0.4 is 5.14 Å². The molecule has 1 aromatic carbocycles. The molecule has 1 aromatic rings. The van der Waals surface area contributed by atoms with Crippen LogP contribution in [0.25, 0.3) is 0 Å². The topological polar surface area (TPSA) is 89.7 Å². The van der Waals surface area contributed by atoms with E-state index in [1.807, 2.05) is 13.8 Å². The number of morpholine rings is 1. The van der Waals surface area contributed by atoms with Crippen LogP contribution in [-0.4, -0.2) is 44.5 Å². The molecule has 1 fully saturated rings. The Hall–Kier alpha value is -1.44. The summed E-state index contributed by atoms with van der Waals surface area (Å²) in [5.41, 5.74) is 1.64. The molecule has 2 rings (SSSR count). The molecule has 1 heterocycles. The van der Waals surface area contributed by atoms with Crippen LogP contribution in [0.1, 0.15) is 35.3 Å². The molecule has 0 aromatic heterocycles. The first-order valence-corrected chi connectivity index (χ1v) is 8.73. The third-order valence-corrected chi connectivity index (χ3v) is 4.92. The summed E-state index contributed by atoms with van der Waals surface area (Å²) in [6.07, 6.45) is -0.0890. The first-order chi connectivity index (χ1) is 10.1. The molecule has 0 radical (unpaired) electrons. The van der Waals surface area contributed by atoms with Crippen LogP contribution in [-0.2, 0) is 14.8 Å². The molecule has 2 unspecified atom stereocenters. The molecule has 2 atom stereocenters. The van der Waals surface area contributed by atoms with Gasteiger partial charge in [-0.2, -0.15) is 0 Å². The van der Waals surface area contributed by atoms with Gasteiger partial charge in [-0.05, 0) is 51.0 Å². The summed E-state index contributed by atoms with van der Waals surface area (Å²) in [6.45, 7) is 8.24. The second-order valence-corrected chi connectivity index (χ2v) is 7.46. The van der Waals surface area contributed by atoms with Crippen LogP contribution in [0.2, 0.25) is 0 Å². The fraction of sp³-hybridized carbons (Fsp3) is 0.533. The lowest BCUT2D eigenvalue weighted by atomic mass is 10.0. The number of amides is 1. The van der Waals surface area contributed by atoms with Crippen LogP contribution in [0.3, 0.4) is 0 Å². The van der Waals surface area contributed by atoms with E-state index in [9.17, 15) is 13.2 Å². The number of rotatable bonds is 2. The van der Waals surface area contributed by atoms with E-state index in [4.69, 9.17) is 9.88 Å². The first kappa shape index (κ1) is 16.9. The second kappa shape index (κ2) is 5.98. The van der Waals surface area contributed by atoms with Crippen molar-refractivity contribution in [3.8, 4) is 0 Å². The molecule has 1 aliphatic rings. The number of nitrogens with zero attached hydrogens (tertiary/aromatic N) is 1. The summed E-state index contributed by atoms with van der Waals surface area (Å²) in [6, 6.07) is 3.07. The van der Waals surface area contributed by atoms with Gasteiger partial charge in [-0.15, -0.1) is 0 Å². The molecule has 1 saturated heterocycles. The molecule has 122 valence electrons. The highest BCUT2D eigenvalue weighted by atomic mass is 32.2. The van der Waals surface area contributed by atoms with Gasteiger partial charge in [0.15, 0.2) is 0 Å². The maximum Gasteiger partial charge on any atom is 0.254 e. The molecular formula is C15H22N2O4S. The standard InChI is InChI=1S/C15H22N2O4S/c1-9-5-13(6-14(12(9)4)22(16,19)20)15(18)17-7-10(2)21-11(3)8-17/h5-6,10-11H,7-8H2,1-4H3,(H2,16,19,20). The Kier molecular flexibility index (Phi) is 4.60. The molecule has 0 saturated carbocycles. The van der Waals surface area contributed by atoms with Crippen molar-refractivity contribution in [2.45, 2.75) is 44.8 Å². The number of aryl methyl sites for hydroxylation is 1. The summed E-state index contributed by atoms with van der Waals surface area (Å²) in [7, 11) is -3.86. The maximum atomic E-state index is 12.7. The number of carbonyl (C=O) groups excluding carboxylic acids is 1. The molecule has 22 heavy (non-hydrogen) atoms. The average molecular weight is 326 g/mol. The van der Waals surface area contributed by atoms with Crippen molar-refractivity contribution in [1.82, 2.24) is 4.90 Å². The largest absolute Gasteiger partial charge is 0.372 e. The normalized spacial score (nSPS) is 22.7. The lowest BCUT2D eigenvalue weighted by molar-refractivity contribution is -0.0586. The number of ether oxygens (including phenoxy) is 1. The van der Waals surface area contributed by atoms with Gasteiger partial charge in [-0.1, -0.05) is 0 Å². The van der Waals surface area contributed by atoms with Gasteiger partial charge in [0.2, 0.25) is 10.0 Å².